The largest absolute Gasteiger partial charge is 0.508 e. The molecule has 12 nitrogen and oxygen atoms in total. The first-order chi connectivity index (χ1) is 15.9. The molecule has 4 atom stereocenters. The number of nitrogens with one attached hydrogen (secondary N) is 3. The van der Waals surface area contributed by atoms with Gasteiger partial charge in [-0.05, 0) is 43.0 Å². The van der Waals surface area contributed by atoms with E-state index in [4.69, 9.17) is 10.2 Å². The monoisotopic (exact) mass is 499 g/mol. The molecule has 13 heteroatoms. The van der Waals surface area contributed by atoms with Crippen LogP contribution < -0.4 is 21.7 Å². The van der Waals surface area contributed by atoms with Gasteiger partial charge in [-0.25, -0.2) is 0 Å². The van der Waals surface area contributed by atoms with E-state index in [1.54, 1.807) is 18.4 Å². The van der Waals surface area contributed by atoms with E-state index in [0.717, 1.165) is 0 Å². The highest BCUT2D eigenvalue weighted by Gasteiger charge is 2.30. The van der Waals surface area contributed by atoms with Crippen molar-refractivity contribution in [2.75, 3.05) is 12.0 Å². The van der Waals surface area contributed by atoms with Crippen LogP contribution in [0.15, 0.2) is 24.3 Å². The lowest BCUT2D eigenvalue weighted by atomic mass is 10.0. The van der Waals surface area contributed by atoms with Gasteiger partial charge in [-0.3, -0.25) is 24.0 Å². The van der Waals surface area contributed by atoms with E-state index in [-0.39, 0.29) is 18.6 Å². The highest BCUT2D eigenvalue weighted by Crippen LogP contribution is 2.12. The molecule has 1 aromatic rings. The molecule has 0 spiro atoms. The first-order valence-corrected chi connectivity index (χ1v) is 11.8. The predicted octanol–water partition coefficient (Wildman–Crippen LogP) is -1.67. The highest BCUT2D eigenvalue weighted by atomic mass is 32.2. The van der Waals surface area contributed by atoms with Gasteiger partial charge in [0.15, 0.2) is 6.04 Å². The van der Waals surface area contributed by atoms with Crippen LogP contribution in [0.2, 0.25) is 0 Å². The van der Waals surface area contributed by atoms with Crippen molar-refractivity contribution in [3.05, 3.63) is 29.8 Å². The smallest absolute Gasteiger partial charge is 0.325 e. The van der Waals surface area contributed by atoms with Gasteiger partial charge in [-0.15, -0.1) is 0 Å². The summed E-state index contributed by atoms with van der Waals surface area (Å²) in [6.45, 7) is 1.28. The fourth-order valence-corrected chi connectivity index (χ4v) is 3.29. The molecule has 0 unspecified atom stereocenters. The lowest BCUT2D eigenvalue weighted by molar-refractivity contribution is -0.403. The average molecular weight is 500 g/mol. The lowest BCUT2D eigenvalue weighted by Crippen LogP contribution is -2.69. The third-order valence-corrected chi connectivity index (χ3v) is 5.42. The summed E-state index contributed by atoms with van der Waals surface area (Å²) in [5.41, 5.74) is 4.09. The number of aromatic hydroxyl groups is 1. The van der Waals surface area contributed by atoms with Crippen LogP contribution in [-0.2, 0) is 30.4 Å². The minimum absolute atomic E-state index is 0.00956. The number of phenols is 1. The van der Waals surface area contributed by atoms with Gasteiger partial charge in [0, 0.05) is 6.42 Å². The molecule has 3 amide bonds. The standard InChI is InChI=1S/C21H30N4O8S/c1-11(21(32)33)23-20(31)16(9-12-3-5-13(26)6-4-12)25-19(30)15(7-8-34-2)24-18(29)14(22)10-17(27)28/h3-6,11,14-16,26H,7-10,22H2,1-2H3,(H,23,31)(H,24,29)(H,25,30)(H,27,28)(H,32,33)/p+1/t11-,14-,15-,16-/m0/s1. The number of hydrogen-bond donors (Lipinski definition) is 7. The molecule has 0 bridgehead atoms. The van der Waals surface area contributed by atoms with Gasteiger partial charge in [-0.1, -0.05) is 12.1 Å². The van der Waals surface area contributed by atoms with Crippen LogP contribution in [0.1, 0.15) is 25.3 Å². The number of carbonyl (C=O) groups is 5. The van der Waals surface area contributed by atoms with Crippen LogP contribution in [0.3, 0.4) is 0 Å². The first kappa shape index (κ1) is 28.7. The van der Waals surface area contributed by atoms with E-state index < -0.39 is 60.2 Å². The number of benzene rings is 1. The summed E-state index contributed by atoms with van der Waals surface area (Å²) in [5, 5.41) is 34.8. The van der Waals surface area contributed by atoms with Gasteiger partial charge < -0.3 is 37.0 Å². The predicted molar refractivity (Wildman–Crippen MR) is 123 cm³/mol. The number of carboxylic acid groups (broad SMARTS) is 2. The van der Waals surface area contributed by atoms with Gasteiger partial charge in [0.1, 0.15) is 30.3 Å². The number of carboxylic acids is 2. The molecule has 0 fully saturated rings. The molecule has 9 N–H and O–H groups in total. The van der Waals surface area contributed by atoms with E-state index in [1.807, 2.05) is 0 Å². The fourth-order valence-electron chi connectivity index (χ4n) is 2.82. The lowest BCUT2D eigenvalue weighted by Gasteiger charge is -2.24. The number of hydrogen-bond acceptors (Lipinski definition) is 7. The highest BCUT2D eigenvalue weighted by molar-refractivity contribution is 7.98. The molecule has 0 radical (unpaired) electrons. The van der Waals surface area contributed by atoms with E-state index in [9.17, 15) is 29.1 Å². The molecule has 1 rings (SSSR count). The minimum atomic E-state index is -1.26. The third-order valence-electron chi connectivity index (χ3n) is 4.77. The quantitative estimate of drug-likeness (QED) is 0.156. The molecule has 1 aromatic carbocycles. The zero-order valence-corrected chi connectivity index (χ0v) is 19.8. The summed E-state index contributed by atoms with van der Waals surface area (Å²) >= 11 is 1.43. The van der Waals surface area contributed by atoms with Crippen molar-refractivity contribution in [3.8, 4) is 5.75 Å². The number of rotatable bonds is 14. The van der Waals surface area contributed by atoms with E-state index in [2.05, 4.69) is 21.7 Å². The molecular weight excluding hydrogens is 468 g/mol. The molecule has 0 saturated heterocycles. The Kier molecular flexibility index (Phi) is 11.9. The Bertz CT molecular complexity index is 880. The van der Waals surface area contributed by atoms with Crippen molar-refractivity contribution in [1.82, 2.24) is 16.0 Å². The molecule has 0 aliphatic heterocycles. The van der Waals surface area contributed by atoms with Gasteiger partial charge in [0.25, 0.3) is 5.91 Å². The fraction of sp³-hybridized carbons (Fsp3) is 0.476. The molecule has 34 heavy (non-hydrogen) atoms. The maximum absolute atomic E-state index is 13.0. The van der Waals surface area contributed by atoms with Crippen LogP contribution in [0.25, 0.3) is 0 Å². The second-order valence-electron chi connectivity index (χ2n) is 7.64. The number of quaternary nitrogens is 1. The Morgan fingerprint density at radius 1 is 0.941 bits per heavy atom. The molecule has 0 heterocycles. The normalized spacial score (nSPS) is 14.2. The molecule has 0 aliphatic rings. The summed E-state index contributed by atoms with van der Waals surface area (Å²) in [4.78, 5) is 60.1. The molecule has 0 aliphatic carbocycles. The molecule has 0 saturated carbocycles. The Balaban J connectivity index is 3.05. The number of thioether (sulfide) groups is 1. The van der Waals surface area contributed by atoms with Gasteiger partial charge in [-0.2, -0.15) is 11.8 Å². The number of amides is 3. The molecular formula is C21H31N4O8S+. The van der Waals surface area contributed by atoms with Crippen molar-refractivity contribution in [3.63, 3.8) is 0 Å². The number of phenolic OH excluding ortho intramolecular Hbond substituents is 1. The Morgan fingerprint density at radius 3 is 2.03 bits per heavy atom. The molecule has 188 valence electrons. The van der Waals surface area contributed by atoms with Crippen molar-refractivity contribution in [2.45, 2.75) is 50.4 Å². The second-order valence-corrected chi connectivity index (χ2v) is 8.62. The first-order valence-electron chi connectivity index (χ1n) is 10.4. The zero-order valence-electron chi connectivity index (χ0n) is 18.9. The van der Waals surface area contributed by atoms with Crippen molar-refractivity contribution < 1.29 is 45.0 Å². The zero-order chi connectivity index (χ0) is 25.8. The van der Waals surface area contributed by atoms with Crippen molar-refractivity contribution >= 4 is 41.4 Å². The molecule has 0 aromatic heterocycles. The van der Waals surface area contributed by atoms with Gasteiger partial charge in [0.2, 0.25) is 11.8 Å². The second kappa shape index (κ2) is 14.1. The Labute approximate surface area is 200 Å². The maximum atomic E-state index is 13.0. The average Bonchev–Trinajstić information content (AvgIpc) is 2.76. The van der Waals surface area contributed by atoms with Crippen molar-refractivity contribution in [1.29, 1.82) is 0 Å². The van der Waals surface area contributed by atoms with Gasteiger partial charge in [0.05, 0.1) is 0 Å². The third kappa shape index (κ3) is 10.1. The van der Waals surface area contributed by atoms with Crippen LogP contribution in [0.5, 0.6) is 5.75 Å². The van der Waals surface area contributed by atoms with Crippen LogP contribution >= 0.6 is 11.8 Å². The SMILES string of the molecule is CSCC[C@H](NC(=O)[C@@H]([NH3+])CC(=O)O)C(=O)N[C@@H](Cc1ccc(O)cc1)C(=O)N[C@@H](C)C(=O)O. The topological polar surface area (TPSA) is 210 Å². The number of carbonyl (C=O) groups excluding carboxylic acids is 3. The summed E-state index contributed by atoms with van der Waals surface area (Å²) in [6.07, 6.45) is 1.49. The summed E-state index contributed by atoms with van der Waals surface area (Å²) in [7, 11) is 0. The Morgan fingerprint density at radius 2 is 1.50 bits per heavy atom. The van der Waals surface area contributed by atoms with Crippen LogP contribution in [0.4, 0.5) is 0 Å². The summed E-state index contributed by atoms with van der Waals surface area (Å²) in [6, 6.07) is 1.35. The van der Waals surface area contributed by atoms with Crippen molar-refractivity contribution in [2.24, 2.45) is 0 Å². The van der Waals surface area contributed by atoms with Crippen LogP contribution in [0, 0.1) is 0 Å². The summed E-state index contributed by atoms with van der Waals surface area (Å²) < 4.78 is 0. The van der Waals surface area contributed by atoms with Crippen LogP contribution in [-0.4, -0.2) is 81.2 Å². The minimum Gasteiger partial charge on any atom is -0.508 e. The summed E-state index contributed by atoms with van der Waals surface area (Å²) in [5.74, 6) is -4.12. The van der Waals surface area contributed by atoms with Gasteiger partial charge >= 0.3 is 11.9 Å². The van der Waals surface area contributed by atoms with E-state index in [0.29, 0.717) is 11.3 Å². The Hall–Kier alpha value is -3.32. The van der Waals surface area contributed by atoms with E-state index >= 15 is 0 Å². The maximum Gasteiger partial charge on any atom is 0.325 e. The number of aliphatic carboxylic acids is 2. The van der Waals surface area contributed by atoms with E-state index in [1.165, 1.54) is 30.8 Å².